The lowest BCUT2D eigenvalue weighted by molar-refractivity contribution is -0.139. The summed E-state index contributed by atoms with van der Waals surface area (Å²) in [6.07, 6.45) is 0.965. The number of ether oxygens (including phenoxy) is 1. The third-order valence-electron chi connectivity index (χ3n) is 1.74. The lowest BCUT2D eigenvalue weighted by Gasteiger charge is -2.09. The maximum atomic E-state index is 10.9. The summed E-state index contributed by atoms with van der Waals surface area (Å²) in [4.78, 5) is 21.4. The Balaban J connectivity index is 3.59. The van der Waals surface area contributed by atoms with E-state index in [-0.39, 0.29) is 11.8 Å². The van der Waals surface area contributed by atoms with Gasteiger partial charge in [0, 0.05) is 12.0 Å². The third kappa shape index (κ3) is 6.22. The molecule has 4 heteroatoms. The van der Waals surface area contributed by atoms with Gasteiger partial charge in [-0.1, -0.05) is 13.5 Å². The fourth-order valence-electron chi connectivity index (χ4n) is 0.922. The van der Waals surface area contributed by atoms with Gasteiger partial charge in [0.1, 0.15) is 0 Å². The van der Waals surface area contributed by atoms with Crippen LogP contribution in [-0.4, -0.2) is 18.5 Å². The summed E-state index contributed by atoms with van der Waals surface area (Å²) in [7, 11) is 0. The second-order valence-corrected chi connectivity index (χ2v) is 3.48. The Bertz CT molecular complexity index is 236. The predicted octanol–water partition coefficient (Wildman–Crippen LogP) is 1.01. The van der Waals surface area contributed by atoms with Crippen molar-refractivity contribution < 1.29 is 14.3 Å². The maximum Gasteiger partial charge on any atom is 0.333 e. The zero-order valence-electron chi connectivity index (χ0n) is 8.71. The number of carbonyl (C=O) groups is 2. The monoisotopic (exact) mass is 199 g/mol. The van der Waals surface area contributed by atoms with Crippen molar-refractivity contribution in [2.24, 2.45) is 11.7 Å². The molecule has 14 heavy (non-hydrogen) atoms. The van der Waals surface area contributed by atoms with E-state index in [4.69, 9.17) is 10.5 Å². The van der Waals surface area contributed by atoms with Gasteiger partial charge in [-0.25, -0.2) is 4.79 Å². The maximum absolute atomic E-state index is 10.9. The highest BCUT2D eigenvalue weighted by molar-refractivity contribution is 5.86. The number of carbonyl (C=O) groups excluding carboxylic acids is 2. The van der Waals surface area contributed by atoms with Gasteiger partial charge in [0.2, 0.25) is 5.91 Å². The van der Waals surface area contributed by atoms with Crippen LogP contribution in [0.4, 0.5) is 0 Å². The summed E-state index contributed by atoms with van der Waals surface area (Å²) in [5.41, 5.74) is 5.39. The Labute approximate surface area is 84.1 Å². The molecule has 0 aliphatic carbocycles. The molecule has 0 radical (unpaired) electrons. The van der Waals surface area contributed by atoms with Gasteiger partial charge in [-0.05, 0) is 19.3 Å². The first kappa shape index (κ1) is 12.7. The summed E-state index contributed by atoms with van der Waals surface area (Å²) >= 11 is 0. The second-order valence-electron chi connectivity index (χ2n) is 3.48. The van der Waals surface area contributed by atoms with E-state index in [1.54, 1.807) is 6.92 Å². The minimum Gasteiger partial charge on any atom is -0.462 e. The molecule has 0 saturated heterocycles. The predicted molar refractivity (Wildman–Crippen MR) is 53.4 cm³/mol. The Hall–Kier alpha value is -1.32. The third-order valence-corrected chi connectivity index (χ3v) is 1.74. The van der Waals surface area contributed by atoms with E-state index in [1.807, 2.05) is 6.92 Å². The van der Waals surface area contributed by atoms with Gasteiger partial charge in [-0.3, -0.25) is 4.79 Å². The van der Waals surface area contributed by atoms with Gasteiger partial charge in [0.15, 0.2) is 0 Å². The topological polar surface area (TPSA) is 69.4 Å². The van der Waals surface area contributed by atoms with Crippen LogP contribution in [0.15, 0.2) is 12.2 Å². The number of nitrogens with two attached hydrogens (primary N) is 1. The van der Waals surface area contributed by atoms with Gasteiger partial charge >= 0.3 is 5.97 Å². The smallest absolute Gasteiger partial charge is 0.333 e. The molecule has 2 N–H and O–H groups in total. The van der Waals surface area contributed by atoms with Crippen LogP contribution in [0.2, 0.25) is 0 Å². The molecule has 0 aliphatic rings. The van der Waals surface area contributed by atoms with Gasteiger partial charge in [0.05, 0.1) is 6.61 Å². The van der Waals surface area contributed by atoms with Crippen LogP contribution in [-0.2, 0) is 14.3 Å². The fourth-order valence-corrected chi connectivity index (χ4v) is 0.922. The molecule has 0 aromatic carbocycles. The molecule has 0 aromatic heterocycles. The molecule has 0 heterocycles. The van der Waals surface area contributed by atoms with Crippen LogP contribution >= 0.6 is 0 Å². The molecule has 1 amide bonds. The molecule has 0 spiro atoms. The molecular weight excluding hydrogens is 182 g/mol. The quantitative estimate of drug-likeness (QED) is 0.512. The normalized spacial score (nSPS) is 11.9. The van der Waals surface area contributed by atoms with Crippen molar-refractivity contribution in [3.8, 4) is 0 Å². The lowest BCUT2D eigenvalue weighted by Crippen LogP contribution is -2.16. The minimum atomic E-state index is -0.392. The minimum absolute atomic E-state index is 0.144. The number of amides is 1. The van der Waals surface area contributed by atoms with Crippen LogP contribution in [0.3, 0.4) is 0 Å². The fraction of sp³-hybridized carbons (Fsp3) is 0.600. The van der Waals surface area contributed by atoms with Crippen LogP contribution in [0.1, 0.15) is 26.7 Å². The van der Waals surface area contributed by atoms with Crippen LogP contribution < -0.4 is 5.73 Å². The molecule has 1 unspecified atom stereocenters. The van der Waals surface area contributed by atoms with Crippen molar-refractivity contribution in [2.75, 3.05) is 6.61 Å². The summed E-state index contributed by atoms with van der Waals surface area (Å²) in [5.74, 6) is -0.578. The highest BCUT2D eigenvalue weighted by Gasteiger charge is 2.08. The van der Waals surface area contributed by atoms with E-state index in [9.17, 15) is 9.59 Å². The molecule has 4 nitrogen and oxygen atoms in total. The summed E-state index contributed by atoms with van der Waals surface area (Å²) in [5, 5.41) is 0. The first-order valence-electron chi connectivity index (χ1n) is 4.54. The van der Waals surface area contributed by atoms with Crippen molar-refractivity contribution in [3.05, 3.63) is 12.2 Å². The van der Waals surface area contributed by atoms with E-state index in [0.29, 0.717) is 25.0 Å². The van der Waals surface area contributed by atoms with E-state index in [0.717, 1.165) is 0 Å². The van der Waals surface area contributed by atoms with Crippen molar-refractivity contribution >= 4 is 11.9 Å². The molecule has 0 bridgehead atoms. The lowest BCUT2D eigenvalue weighted by atomic mass is 10.0. The van der Waals surface area contributed by atoms with Gasteiger partial charge in [-0.15, -0.1) is 0 Å². The van der Waals surface area contributed by atoms with E-state index in [1.165, 1.54) is 0 Å². The zero-order valence-corrected chi connectivity index (χ0v) is 8.71. The van der Waals surface area contributed by atoms with E-state index >= 15 is 0 Å². The number of esters is 1. The molecule has 1 atom stereocenters. The Morgan fingerprint density at radius 2 is 2.07 bits per heavy atom. The zero-order chi connectivity index (χ0) is 11.1. The Morgan fingerprint density at radius 1 is 1.50 bits per heavy atom. The molecule has 0 fully saturated rings. The first-order valence-corrected chi connectivity index (χ1v) is 4.54. The number of rotatable bonds is 6. The van der Waals surface area contributed by atoms with E-state index in [2.05, 4.69) is 6.58 Å². The highest BCUT2D eigenvalue weighted by Crippen LogP contribution is 2.07. The number of primary amides is 1. The number of hydrogen-bond donors (Lipinski definition) is 1. The summed E-state index contributed by atoms with van der Waals surface area (Å²) in [6, 6.07) is 0. The summed E-state index contributed by atoms with van der Waals surface area (Å²) in [6.45, 7) is 7.24. The van der Waals surface area contributed by atoms with Crippen LogP contribution in [0.5, 0.6) is 0 Å². The Kier molecular flexibility index (Phi) is 5.60. The molecular formula is C10H17NO3. The van der Waals surface area contributed by atoms with Crippen molar-refractivity contribution in [3.63, 3.8) is 0 Å². The van der Waals surface area contributed by atoms with Crippen molar-refractivity contribution in [1.82, 2.24) is 0 Å². The molecule has 0 rings (SSSR count). The van der Waals surface area contributed by atoms with Crippen molar-refractivity contribution in [2.45, 2.75) is 26.7 Å². The second kappa shape index (κ2) is 6.18. The average molecular weight is 199 g/mol. The van der Waals surface area contributed by atoms with E-state index < -0.39 is 5.97 Å². The standard InChI is InChI=1S/C10H17NO3/c1-7(2)10(13)14-5-4-8(3)6-9(11)12/h8H,1,4-6H2,2-3H3,(H2,11,12). The first-order chi connectivity index (χ1) is 6.43. The molecule has 80 valence electrons. The molecule has 0 saturated carbocycles. The van der Waals surface area contributed by atoms with Crippen molar-refractivity contribution in [1.29, 1.82) is 0 Å². The van der Waals surface area contributed by atoms with Gasteiger partial charge in [0.25, 0.3) is 0 Å². The van der Waals surface area contributed by atoms with Gasteiger partial charge < -0.3 is 10.5 Å². The van der Waals surface area contributed by atoms with Crippen LogP contribution in [0, 0.1) is 5.92 Å². The van der Waals surface area contributed by atoms with Gasteiger partial charge in [-0.2, -0.15) is 0 Å². The largest absolute Gasteiger partial charge is 0.462 e. The Morgan fingerprint density at radius 3 is 2.50 bits per heavy atom. The summed E-state index contributed by atoms with van der Waals surface area (Å²) < 4.78 is 4.87. The highest BCUT2D eigenvalue weighted by atomic mass is 16.5. The van der Waals surface area contributed by atoms with Crippen LogP contribution in [0.25, 0.3) is 0 Å². The molecule has 0 aliphatic heterocycles. The molecule has 0 aromatic rings. The number of hydrogen-bond acceptors (Lipinski definition) is 3. The SMILES string of the molecule is C=C(C)C(=O)OCCC(C)CC(N)=O. The average Bonchev–Trinajstić information content (AvgIpc) is 2.02.